The van der Waals surface area contributed by atoms with Crippen LogP contribution in [-0.2, 0) is 6.18 Å². The van der Waals surface area contributed by atoms with Crippen molar-refractivity contribution >= 4 is 16.6 Å². The van der Waals surface area contributed by atoms with E-state index < -0.39 is 29.4 Å². The van der Waals surface area contributed by atoms with Crippen LogP contribution in [0.1, 0.15) is 31.2 Å². The van der Waals surface area contributed by atoms with Crippen molar-refractivity contribution in [2.24, 2.45) is 0 Å². The van der Waals surface area contributed by atoms with Crippen LogP contribution in [0.3, 0.4) is 0 Å². The minimum Gasteiger partial charge on any atom is -0.506 e. The zero-order valence-corrected chi connectivity index (χ0v) is 15.6. The number of aromatic hydroxyl groups is 1. The molecule has 1 aliphatic rings. The Morgan fingerprint density at radius 1 is 1.07 bits per heavy atom. The van der Waals surface area contributed by atoms with Gasteiger partial charge in [0, 0.05) is 11.6 Å². The molecule has 2 atom stereocenters. The van der Waals surface area contributed by atoms with E-state index in [-0.39, 0.29) is 34.0 Å². The fraction of sp³-hybridized carbons (Fsp3) is 0.350. The average Bonchev–Trinajstić information content (AvgIpc) is 2.69. The lowest BCUT2D eigenvalue weighted by molar-refractivity contribution is -0.137. The molecule has 10 heteroatoms. The molecule has 2 heterocycles. The molecular formula is C20H18F4N4O2. The molecule has 2 unspecified atom stereocenters. The van der Waals surface area contributed by atoms with E-state index in [1.165, 1.54) is 18.2 Å². The van der Waals surface area contributed by atoms with Gasteiger partial charge in [0.05, 0.1) is 23.1 Å². The fourth-order valence-electron chi connectivity index (χ4n) is 3.69. The summed E-state index contributed by atoms with van der Waals surface area (Å²) in [6.07, 6.45) is -1.59. The molecule has 1 aliphatic carbocycles. The molecule has 3 N–H and O–H groups in total. The number of fused-ring (bicyclic) bond motifs is 1. The Hall–Kier alpha value is -3.01. The third-order valence-electron chi connectivity index (χ3n) is 5.23. The minimum absolute atomic E-state index is 0.0505. The van der Waals surface area contributed by atoms with Gasteiger partial charge in [0.2, 0.25) is 0 Å². The van der Waals surface area contributed by atoms with Crippen LogP contribution in [0.4, 0.5) is 23.4 Å². The van der Waals surface area contributed by atoms with Gasteiger partial charge in [-0.1, -0.05) is 25.0 Å². The number of nitrogens with zero attached hydrogens (tertiary/aromatic N) is 3. The van der Waals surface area contributed by atoms with Crippen LogP contribution >= 0.6 is 0 Å². The SMILES string of the molecule is Oc1cc(C(F)(F)F)cnc1-c1nnc(NC2CCCCC2O)c2c(F)cccc12. The van der Waals surface area contributed by atoms with Crippen LogP contribution in [0.5, 0.6) is 5.75 Å². The Labute approximate surface area is 168 Å². The number of pyridine rings is 1. The van der Waals surface area contributed by atoms with Gasteiger partial charge in [-0.3, -0.25) is 0 Å². The molecule has 4 rings (SSSR count). The number of anilines is 1. The summed E-state index contributed by atoms with van der Waals surface area (Å²) in [5, 5.41) is 31.6. The molecule has 0 saturated heterocycles. The summed E-state index contributed by atoms with van der Waals surface area (Å²) < 4.78 is 53.3. The van der Waals surface area contributed by atoms with E-state index in [2.05, 4.69) is 20.5 Å². The van der Waals surface area contributed by atoms with Gasteiger partial charge < -0.3 is 15.5 Å². The Morgan fingerprint density at radius 2 is 1.83 bits per heavy atom. The maximum atomic E-state index is 14.7. The number of aliphatic hydroxyl groups is 1. The highest BCUT2D eigenvalue weighted by Gasteiger charge is 2.32. The molecule has 0 aliphatic heterocycles. The van der Waals surface area contributed by atoms with Gasteiger partial charge in [-0.15, -0.1) is 10.2 Å². The number of nitrogens with one attached hydrogen (secondary N) is 1. The molecule has 0 amide bonds. The van der Waals surface area contributed by atoms with Gasteiger partial charge in [-0.25, -0.2) is 9.37 Å². The van der Waals surface area contributed by atoms with Gasteiger partial charge >= 0.3 is 6.18 Å². The van der Waals surface area contributed by atoms with E-state index in [1.54, 1.807) is 0 Å². The molecule has 30 heavy (non-hydrogen) atoms. The van der Waals surface area contributed by atoms with E-state index >= 15 is 0 Å². The maximum Gasteiger partial charge on any atom is 0.418 e. The molecule has 1 saturated carbocycles. The first-order valence-electron chi connectivity index (χ1n) is 9.42. The smallest absolute Gasteiger partial charge is 0.418 e. The number of aliphatic hydroxyl groups excluding tert-OH is 1. The highest BCUT2D eigenvalue weighted by Crippen LogP contribution is 2.38. The first kappa shape index (κ1) is 20.3. The zero-order chi connectivity index (χ0) is 21.5. The lowest BCUT2D eigenvalue weighted by Gasteiger charge is -2.29. The number of benzene rings is 1. The summed E-state index contributed by atoms with van der Waals surface area (Å²) in [4.78, 5) is 3.70. The van der Waals surface area contributed by atoms with E-state index in [1.807, 2.05) is 0 Å². The van der Waals surface area contributed by atoms with Crippen LogP contribution in [0.25, 0.3) is 22.2 Å². The molecule has 3 aromatic rings. The Morgan fingerprint density at radius 3 is 2.53 bits per heavy atom. The highest BCUT2D eigenvalue weighted by atomic mass is 19.4. The van der Waals surface area contributed by atoms with Crippen molar-refractivity contribution in [3.05, 3.63) is 41.8 Å². The number of hydrogen-bond acceptors (Lipinski definition) is 6. The van der Waals surface area contributed by atoms with Gasteiger partial charge in [0.15, 0.2) is 5.82 Å². The second-order valence-corrected chi connectivity index (χ2v) is 7.25. The molecule has 1 aromatic carbocycles. The third-order valence-corrected chi connectivity index (χ3v) is 5.23. The summed E-state index contributed by atoms with van der Waals surface area (Å²) in [6, 6.07) is 4.38. The number of rotatable bonds is 3. The topological polar surface area (TPSA) is 91.2 Å². The Kier molecular flexibility index (Phi) is 5.19. The lowest BCUT2D eigenvalue weighted by atomic mass is 9.92. The molecule has 6 nitrogen and oxygen atoms in total. The van der Waals surface area contributed by atoms with Crippen LogP contribution in [-0.4, -0.2) is 37.5 Å². The highest BCUT2D eigenvalue weighted by molar-refractivity contribution is 6.00. The first-order valence-corrected chi connectivity index (χ1v) is 9.42. The first-order chi connectivity index (χ1) is 14.3. The van der Waals surface area contributed by atoms with Crippen LogP contribution in [0.15, 0.2) is 30.5 Å². The van der Waals surface area contributed by atoms with Gasteiger partial charge in [-0.05, 0) is 25.0 Å². The molecule has 158 valence electrons. The summed E-state index contributed by atoms with van der Waals surface area (Å²) in [6.45, 7) is 0. The van der Waals surface area contributed by atoms with Crippen molar-refractivity contribution in [2.75, 3.05) is 5.32 Å². The van der Waals surface area contributed by atoms with Gasteiger partial charge in [0.25, 0.3) is 0 Å². The maximum absolute atomic E-state index is 14.7. The second kappa shape index (κ2) is 7.67. The number of halogens is 4. The van der Waals surface area contributed by atoms with E-state index in [4.69, 9.17) is 0 Å². The van der Waals surface area contributed by atoms with Crippen molar-refractivity contribution < 1.29 is 27.8 Å². The quantitative estimate of drug-likeness (QED) is 0.546. The van der Waals surface area contributed by atoms with Crippen LogP contribution < -0.4 is 5.32 Å². The van der Waals surface area contributed by atoms with E-state index in [9.17, 15) is 27.8 Å². The molecular weight excluding hydrogens is 404 g/mol. The molecule has 0 spiro atoms. The normalized spacial score (nSPS) is 19.8. The van der Waals surface area contributed by atoms with Crippen LogP contribution in [0, 0.1) is 5.82 Å². The lowest BCUT2D eigenvalue weighted by Crippen LogP contribution is -2.36. The van der Waals surface area contributed by atoms with Gasteiger partial charge in [0.1, 0.15) is 23.0 Å². The van der Waals surface area contributed by atoms with E-state index in [0.29, 0.717) is 25.1 Å². The van der Waals surface area contributed by atoms with Crippen molar-refractivity contribution in [2.45, 2.75) is 44.0 Å². The van der Waals surface area contributed by atoms with E-state index in [0.717, 1.165) is 12.8 Å². The minimum atomic E-state index is -4.67. The monoisotopic (exact) mass is 422 g/mol. The standard InChI is InChI=1S/C20H18F4N4O2/c21-12-5-3-4-11-16(12)19(26-13-6-1-2-7-14(13)29)28-27-17(11)18-15(30)8-10(9-25-18)20(22,23)24/h3-5,8-9,13-14,29-30H,1-2,6-7H2,(H,26,28). The third kappa shape index (κ3) is 3.74. The Bertz CT molecular complexity index is 1090. The predicted octanol–water partition coefficient (Wildman–Crippen LogP) is 4.27. The van der Waals surface area contributed by atoms with Crippen LogP contribution in [0.2, 0.25) is 0 Å². The predicted molar refractivity (Wildman–Crippen MR) is 101 cm³/mol. The van der Waals surface area contributed by atoms with Crippen molar-refractivity contribution in [3.8, 4) is 17.1 Å². The fourth-order valence-corrected chi connectivity index (χ4v) is 3.69. The number of hydrogen-bond donors (Lipinski definition) is 3. The summed E-state index contributed by atoms with van der Waals surface area (Å²) in [5.74, 6) is -1.25. The van der Waals surface area contributed by atoms with Crippen molar-refractivity contribution in [3.63, 3.8) is 0 Å². The Balaban J connectivity index is 1.81. The summed E-state index contributed by atoms with van der Waals surface area (Å²) in [7, 11) is 0. The second-order valence-electron chi connectivity index (χ2n) is 7.25. The van der Waals surface area contributed by atoms with Gasteiger partial charge in [-0.2, -0.15) is 13.2 Å². The summed E-state index contributed by atoms with van der Waals surface area (Å²) >= 11 is 0. The zero-order valence-electron chi connectivity index (χ0n) is 15.6. The summed E-state index contributed by atoms with van der Waals surface area (Å²) in [5.41, 5.74) is -1.41. The molecule has 2 aromatic heterocycles. The van der Waals surface area contributed by atoms with Crippen molar-refractivity contribution in [1.29, 1.82) is 0 Å². The number of aromatic nitrogens is 3. The number of alkyl halides is 3. The molecule has 1 fully saturated rings. The largest absolute Gasteiger partial charge is 0.506 e. The molecule has 0 radical (unpaired) electrons. The average molecular weight is 422 g/mol. The molecule has 0 bridgehead atoms. The van der Waals surface area contributed by atoms with Crippen molar-refractivity contribution in [1.82, 2.24) is 15.2 Å².